The van der Waals surface area contributed by atoms with E-state index in [0.717, 1.165) is 6.07 Å². The monoisotopic (exact) mass is 333 g/mol. The van der Waals surface area contributed by atoms with Crippen LogP contribution >= 0.6 is 34.8 Å². The van der Waals surface area contributed by atoms with Crippen LogP contribution in [-0.2, 0) is 4.74 Å². The van der Waals surface area contributed by atoms with Crippen LogP contribution in [0.5, 0.6) is 0 Å². The van der Waals surface area contributed by atoms with Gasteiger partial charge < -0.3 is 4.74 Å². The summed E-state index contributed by atoms with van der Waals surface area (Å²) in [6.45, 7) is 0. The molecule has 20 heavy (non-hydrogen) atoms. The summed E-state index contributed by atoms with van der Waals surface area (Å²) in [6, 6.07) is 5.33. The average molecular weight is 335 g/mol. The van der Waals surface area contributed by atoms with E-state index in [1.807, 2.05) is 0 Å². The number of carbonyl (C=O) groups is 1. The fourth-order valence-electron chi connectivity index (χ4n) is 1.58. The minimum atomic E-state index is -0.815. The van der Waals surface area contributed by atoms with Crippen LogP contribution in [0.4, 0.5) is 4.39 Å². The third kappa shape index (κ3) is 3.03. The summed E-state index contributed by atoms with van der Waals surface area (Å²) in [6.07, 6.45) is 0. The molecule has 0 fully saturated rings. The quantitative estimate of drug-likeness (QED) is 0.456. The van der Waals surface area contributed by atoms with Crippen molar-refractivity contribution in [1.82, 2.24) is 4.98 Å². The topological polar surface area (TPSA) is 39.2 Å². The number of methoxy groups -OCH3 is 1. The van der Waals surface area contributed by atoms with Crippen molar-refractivity contribution in [3.63, 3.8) is 0 Å². The Morgan fingerprint density at radius 1 is 1.15 bits per heavy atom. The maximum Gasteiger partial charge on any atom is 0.338 e. The predicted octanol–water partition coefficient (Wildman–Crippen LogP) is 4.63. The molecule has 0 radical (unpaired) electrons. The van der Waals surface area contributed by atoms with E-state index < -0.39 is 11.9 Å². The van der Waals surface area contributed by atoms with Crippen molar-refractivity contribution in [1.29, 1.82) is 0 Å². The number of hydrogen-bond donors (Lipinski definition) is 0. The van der Waals surface area contributed by atoms with Crippen molar-refractivity contribution in [2.45, 2.75) is 0 Å². The smallest absolute Gasteiger partial charge is 0.338 e. The van der Waals surface area contributed by atoms with Crippen molar-refractivity contribution < 1.29 is 13.9 Å². The van der Waals surface area contributed by atoms with Gasteiger partial charge in [0.1, 0.15) is 0 Å². The summed E-state index contributed by atoms with van der Waals surface area (Å²) in [5.41, 5.74) is 0.678. The first-order chi connectivity index (χ1) is 9.42. The summed E-state index contributed by atoms with van der Waals surface area (Å²) >= 11 is 17.7. The molecule has 0 bridgehead atoms. The zero-order chi connectivity index (χ0) is 14.9. The fourth-order valence-corrected chi connectivity index (χ4v) is 2.18. The highest BCUT2D eigenvalue weighted by Crippen LogP contribution is 2.34. The number of halogens is 4. The maximum atomic E-state index is 13.5. The van der Waals surface area contributed by atoms with Gasteiger partial charge >= 0.3 is 5.97 Å². The van der Waals surface area contributed by atoms with E-state index >= 15 is 0 Å². The normalized spacial score (nSPS) is 10.4. The second-order valence-electron chi connectivity index (χ2n) is 3.81. The first-order valence-corrected chi connectivity index (χ1v) is 6.46. The number of esters is 1. The van der Waals surface area contributed by atoms with Gasteiger partial charge in [-0.3, -0.25) is 0 Å². The lowest BCUT2D eigenvalue weighted by molar-refractivity contribution is 0.0600. The van der Waals surface area contributed by atoms with Gasteiger partial charge in [0, 0.05) is 11.6 Å². The van der Waals surface area contributed by atoms with Crippen LogP contribution in [0.1, 0.15) is 10.4 Å². The van der Waals surface area contributed by atoms with Gasteiger partial charge in [0.05, 0.1) is 33.4 Å². The van der Waals surface area contributed by atoms with Crippen molar-refractivity contribution >= 4 is 40.8 Å². The first-order valence-electron chi connectivity index (χ1n) is 5.33. The molecule has 1 aromatic heterocycles. The lowest BCUT2D eigenvalue weighted by atomic mass is 10.1. The number of nitrogens with zero attached hydrogens (tertiary/aromatic N) is 1. The van der Waals surface area contributed by atoms with Crippen molar-refractivity contribution in [3.05, 3.63) is 50.8 Å². The van der Waals surface area contributed by atoms with Gasteiger partial charge in [-0.25, -0.2) is 9.78 Å². The van der Waals surface area contributed by atoms with Gasteiger partial charge in [0.25, 0.3) is 0 Å². The highest BCUT2D eigenvalue weighted by molar-refractivity contribution is 6.48. The molecule has 0 spiro atoms. The molecule has 7 heteroatoms. The van der Waals surface area contributed by atoms with Gasteiger partial charge in [-0.1, -0.05) is 34.8 Å². The molecule has 1 heterocycles. The van der Waals surface area contributed by atoms with Crippen molar-refractivity contribution in [3.8, 4) is 11.3 Å². The summed E-state index contributed by atoms with van der Waals surface area (Å²) < 4.78 is 18.0. The number of ether oxygens (including phenoxy) is 1. The lowest BCUT2D eigenvalue weighted by Crippen LogP contribution is -2.03. The third-order valence-electron chi connectivity index (χ3n) is 2.49. The SMILES string of the molecule is COC(=O)c1cc(F)nc(-c2cc(Cl)c(Cl)c(Cl)c2)c1. The molecule has 2 aromatic rings. The highest BCUT2D eigenvalue weighted by Gasteiger charge is 2.13. The Balaban J connectivity index is 2.58. The second kappa shape index (κ2) is 5.95. The van der Waals surface area contributed by atoms with Crippen LogP contribution in [0.3, 0.4) is 0 Å². The van der Waals surface area contributed by atoms with E-state index in [4.69, 9.17) is 34.8 Å². The van der Waals surface area contributed by atoms with Crippen LogP contribution in [0.15, 0.2) is 24.3 Å². The molecule has 0 N–H and O–H groups in total. The maximum absolute atomic E-state index is 13.5. The zero-order valence-electron chi connectivity index (χ0n) is 10.1. The Hall–Kier alpha value is -1.36. The number of rotatable bonds is 2. The van der Waals surface area contributed by atoms with E-state index in [-0.39, 0.29) is 26.3 Å². The molecule has 0 amide bonds. The molecule has 0 saturated heterocycles. The molecule has 0 saturated carbocycles. The van der Waals surface area contributed by atoms with E-state index in [1.165, 1.54) is 25.3 Å². The molecule has 0 unspecified atom stereocenters. The highest BCUT2D eigenvalue weighted by atomic mass is 35.5. The van der Waals surface area contributed by atoms with Crippen LogP contribution in [0.25, 0.3) is 11.3 Å². The van der Waals surface area contributed by atoms with Gasteiger partial charge in [-0.15, -0.1) is 0 Å². The van der Waals surface area contributed by atoms with E-state index in [2.05, 4.69) is 9.72 Å². The second-order valence-corrected chi connectivity index (χ2v) is 5.00. The third-order valence-corrected chi connectivity index (χ3v) is 3.69. The molecule has 1 aromatic carbocycles. The summed E-state index contributed by atoms with van der Waals surface area (Å²) in [5.74, 6) is -1.48. The van der Waals surface area contributed by atoms with E-state index in [1.54, 1.807) is 0 Å². The standard InChI is InChI=1S/C13H7Cl3FNO2/c1-20-13(19)7-4-10(18-11(17)5-7)6-2-8(14)12(16)9(15)3-6/h2-5H,1H3. The summed E-state index contributed by atoms with van der Waals surface area (Å²) in [5, 5.41) is 0.612. The van der Waals surface area contributed by atoms with E-state index in [9.17, 15) is 9.18 Å². The molecule has 0 aliphatic heterocycles. The number of aromatic nitrogens is 1. The molecule has 0 atom stereocenters. The molecule has 0 aliphatic carbocycles. The Bertz CT molecular complexity index is 668. The van der Waals surface area contributed by atoms with Crippen molar-refractivity contribution in [2.75, 3.05) is 7.11 Å². The van der Waals surface area contributed by atoms with Crippen LogP contribution in [-0.4, -0.2) is 18.1 Å². The van der Waals surface area contributed by atoms with Crippen molar-refractivity contribution in [2.24, 2.45) is 0 Å². The molecular weight excluding hydrogens is 328 g/mol. The number of benzene rings is 1. The van der Waals surface area contributed by atoms with Crippen LogP contribution in [0, 0.1) is 5.95 Å². The average Bonchev–Trinajstić information content (AvgIpc) is 2.42. The predicted molar refractivity (Wildman–Crippen MR) is 76.0 cm³/mol. The Morgan fingerprint density at radius 2 is 1.75 bits per heavy atom. The van der Waals surface area contributed by atoms with Crippen LogP contribution < -0.4 is 0 Å². The fraction of sp³-hybridized carbons (Fsp3) is 0.0769. The number of carbonyl (C=O) groups excluding carboxylic acids is 1. The van der Waals surface area contributed by atoms with Crippen LogP contribution in [0.2, 0.25) is 15.1 Å². The zero-order valence-corrected chi connectivity index (χ0v) is 12.4. The molecule has 2 rings (SSSR count). The molecule has 0 aliphatic rings. The minimum absolute atomic E-state index is 0.0391. The number of pyridine rings is 1. The van der Waals surface area contributed by atoms with Gasteiger partial charge in [-0.2, -0.15) is 4.39 Å². The Labute approximate surface area is 129 Å². The van der Waals surface area contributed by atoms with E-state index in [0.29, 0.717) is 5.56 Å². The molecule has 104 valence electrons. The molecular formula is C13H7Cl3FNO2. The Morgan fingerprint density at radius 3 is 2.30 bits per heavy atom. The summed E-state index contributed by atoms with van der Waals surface area (Å²) in [7, 11) is 1.20. The molecule has 3 nitrogen and oxygen atoms in total. The lowest BCUT2D eigenvalue weighted by Gasteiger charge is -2.07. The first kappa shape index (κ1) is 15.0. The number of hydrogen-bond acceptors (Lipinski definition) is 3. The summed E-state index contributed by atoms with van der Waals surface area (Å²) in [4.78, 5) is 15.1. The van der Waals surface area contributed by atoms with Gasteiger partial charge in [0.15, 0.2) is 0 Å². The van der Waals surface area contributed by atoms with Gasteiger partial charge in [0.2, 0.25) is 5.95 Å². The largest absolute Gasteiger partial charge is 0.465 e. The Kier molecular flexibility index (Phi) is 4.48. The minimum Gasteiger partial charge on any atom is -0.465 e. The van der Waals surface area contributed by atoms with Gasteiger partial charge in [-0.05, 0) is 18.2 Å².